The summed E-state index contributed by atoms with van der Waals surface area (Å²) in [5.74, 6) is 5.14. The molecule has 2 aromatic rings. The number of fused-ring (bicyclic) bond motifs is 4. The lowest BCUT2D eigenvalue weighted by atomic mass is 9.63. The lowest BCUT2D eigenvalue weighted by Gasteiger charge is -2.52. The van der Waals surface area contributed by atoms with Crippen LogP contribution in [0.4, 0.5) is 5.69 Å². The predicted molar refractivity (Wildman–Crippen MR) is 210 cm³/mol. The number of amides is 2. The highest BCUT2D eigenvalue weighted by Gasteiger charge is 2.50. The van der Waals surface area contributed by atoms with Crippen LogP contribution in [0, 0.1) is 17.8 Å². The summed E-state index contributed by atoms with van der Waals surface area (Å²) >= 11 is 6.50. The van der Waals surface area contributed by atoms with Gasteiger partial charge in [-0.25, -0.2) is 4.21 Å². The van der Waals surface area contributed by atoms with E-state index in [4.69, 9.17) is 21.1 Å². The number of rotatable bonds is 3. The smallest absolute Gasteiger partial charge is 0.262 e. The quantitative estimate of drug-likeness (QED) is 0.317. The third-order valence-corrected chi connectivity index (χ3v) is 15.5. The van der Waals surface area contributed by atoms with Crippen LogP contribution in [0.3, 0.4) is 0 Å². The monoisotopic (exact) mass is 750 g/mol. The summed E-state index contributed by atoms with van der Waals surface area (Å²) in [6.45, 7) is 11.5. The fourth-order valence-electron chi connectivity index (χ4n) is 9.47. The van der Waals surface area contributed by atoms with Gasteiger partial charge in [-0.15, -0.1) is 0 Å². The number of piperazine rings is 1. The lowest BCUT2D eigenvalue weighted by Crippen LogP contribution is -2.59. The van der Waals surface area contributed by atoms with Gasteiger partial charge < -0.3 is 19.3 Å². The number of carbonyl (C=O) groups excluding carboxylic acids is 2. The van der Waals surface area contributed by atoms with Gasteiger partial charge in [0.15, 0.2) is 0 Å². The number of hydrogen-bond donors (Lipinski definition) is 1. The average Bonchev–Trinajstić information content (AvgIpc) is 3.25. The van der Waals surface area contributed by atoms with Crippen molar-refractivity contribution >= 4 is 44.7 Å². The van der Waals surface area contributed by atoms with Gasteiger partial charge in [0.25, 0.3) is 5.91 Å². The summed E-state index contributed by atoms with van der Waals surface area (Å²) in [6.07, 6.45) is 10.3. The number of nitrogens with one attached hydrogen (secondary N) is 1. The fraction of sp³-hybridized carbons (Fsp3) is 0.585. The molecule has 3 aliphatic heterocycles. The number of anilines is 1. The average molecular weight is 751 g/mol. The van der Waals surface area contributed by atoms with Crippen molar-refractivity contribution in [3.05, 3.63) is 70.3 Å². The molecule has 1 spiro atoms. The second-order valence-electron chi connectivity index (χ2n) is 16.2. The Morgan fingerprint density at radius 2 is 1.92 bits per heavy atom. The molecule has 2 fully saturated rings. The molecule has 0 aromatic heterocycles. The molecule has 52 heavy (non-hydrogen) atoms. The molecule has 1 saturated heterocycles. The van der Waals surface area contributed by atoms with Gasteiger partial charge in [-0.2, -0.15) is 0 Å². The minimum Gasteiger partial charge on any atom is -0.490 e. The molecule has 2 bridgehead atoms. The number of nitrogens with zero attached hydrogens (tertiary/aromatic N) is 3. The van der Waals surface area contributed by atoms with Crippen LogP contribution in [-0.4, -0.2) is 102 Å². The molecule has 0 radical (unpaired) electrons. The Labute approximate surface area is 315 Å². The van der Waals surface area contributed by atoms with Crippen molar-refractivity contribution in [1.29, 1.82) is 0 Å². The molecule has 2 aromatic carbocycles. The Balaban J connectivity index is 1.29. The van der Waals surface area contributed by atoms with Gasteiger partial charge in [0.05, 0.1) is 22.0 Å². The van der Waals surface area contributed by atoms with Crippen LogP contribution in [0.25, 0.3) is 0 Å². The minimum atomic E-state index is -2.98. The molecule has 7 rings (SSSR count). The Morgan fingerprint density at radius 3 is 2.63 bits per heavy atom. The van der Waals surface area contributed by atoms with Gasteiger partial charge in [-0.3, -0.25) is 19.2 Å². The van der Waals surface area contributed by atoms with E-state index in [1.54, 1.807) is 13.0 Å². The van der Waals surface area contributed by atoms with E-state index in [2.05, 4.69) is 51.6 Å². The largest absolute Gasteiger partial charge is 0.490 e. The van der Waals surface area contributed by atoms with Crippen molar-refractivity contribution in [3.63, 3.8) is 0 Å². The highest BCUT2D eigenvalue weighted by atomic mass is 35.5. The summed E-state index contributed by atoms with van der Waals surface area (Å²) in [4.78, 5) is 32.7. The van der Waals surface area contributed by atoms with E-state index in [9.17, 15) is 13.8 Å². The zero-order valence-electron chi connectivity index (χ0n) is 31.2. The zero-order chi connectivity index (χ0) is 36.8. The molecule has 1 saturated carbocycles. The molecule has 5 aliphatic rings. The standard InChI is InChI=1S/C41H55ClN4O5S/c1-28-8-6-17-41(50-4,26-44-18-20-45(21-19-44)30(3)47)36-13-10-33(36)24-46-25-40(16-7-9-31-22-34(42)12-14-35(31)40)27-51-38-15-11-32(23-37(38)46)39(48)43-52(5,49)29(28)2/h6,11-12,14-15,17,22-23,28-29,33,36H,5,7-10,13,16,18-21,24-27H2,1-4H3,(H,43,48,49)/b17-6+/t28-,29+,33-,36+,40-,41+,52?/m0/s1. The Bertz CT molecular complexity index is 1830. The van der Waals surface area contributed by atoms with Crippen molar-refractivity contribution in [2.24, 2.45) is 17.8 Å². The first-order chi connectivity index (χ1) is 24.8. The van der Waals surface area contributed by atoms with Crippen molar-refractivity contribution in [3.8, 4) is 5.75 Å². The Kier molecular flexibility index (Phi) is 10.5. The lowest BCUT2D eigenvalue weighted by molar-refractivity contribution is -0.132. The molecule has 1 N–H and O–H groups in total. The van der Waals surface area contributed by atoms with Gasteiger partial charge in [0.2, 0.25) is 5.91 Å². The molecule has 9 nitrogen and oxygen atoms in total. The molecule has 2 amide bonds. The van der Waals surface area contributed by atoms with E-state index in [1.165, 1.54) is 11.1 Å². The number of benzene rings is 2. The van der Waals surface area contributed by atoms with Crippen molar-refractivity contribution in [2.75, 3.05) is 64.4 Å². The number of allylic oxidation sites excluding steroid dienone is 1. The number of hydrogen-bond acceptors (Lipinski definition) is 7. The minimum absolute atomic E-state index is 0.000638. The zero-order valence-corrected chi connectivity index (χ0v) is 32.8. The van der Waals surface area contributed by atoms with Gasteiger partial charge in [0.1, 0.15) is 11.4 Å². The second-order valence-corrected chi connectivity index (χ2v) is 19.0. The van der Waals surface area contributed by atoms with E-state index >= 15 is 0 Å². The summed E-state index contributed by atoms with van der Waals surface area (Å²) < 4.78 is 30.2. The predicted octanol–water partition coefficient (Wildman–Crippen LogP) is 5.73. The van der Waals surface area contributed by atoms with Crippen LogP contribution in [0.5, 0.6) is 5.75 Å². The SMILES string of the molecule is C=S1(=O)NC(=O)c2ccc3c(c2)N(C[C@@H]2CC[C@H]2[C@@](CN2CCN(C(C)=O)CC2)(OC)/C=C/C[C@H](C)[C@H]1C)C[C@@]1(CCCc2cc(Cl)ccc21)CO3. The molecule has 11 heteroatoms. The number of methoxy groups -OCH3 is 1. The molecule has 282 valence electrons. The fourth-order valence-corrected chi connectivity index (χ4v) is 11.1. The molecule has 3 heterocycles. The number of aryl methyl sites for hydroxylation is 1. The van der Waals surface area contributed by atoms with Gasteiger partial charge in [-0.1, -0.05) is 36.7 Å². The first-order valence-corrected chi connectivity index (χ1v) is 21.2. The summed E-state index contributed by atoms with van der Waals surface area (Å²) in [5.41, 5.74) is 3.13. The van der Waals surface area contributed by atoms with E-state index < -0.39 is 15.3 Å². The van der Waals surface area contributed by atoms with Crippen LogP contribution in [0.15, 0.2) is 48.6 Å². The first kappa shape index (κ1) is 37.3. The van der Waals surface area contributed by atoms with Crippen LogP contribution >= 0.6 is 11.6 Å². The van der Waals surface area contributed by atoms with E-state index in [-0.39, 0.29) is 34.3 Å². The maximum atomic E-state index is 14.0. The van der Waals surface area contributed by atoms with Crippen LogP contribution < -0.4 is 14.4 Å². The summed E-state index contributed by atoms with van der Waals surface area (Å²) in [5, 5.41) is 0.395. The summed E-state index contributed by atoms with van der Waals surface area (Å²) in [7, 11) is -1.13. The molecule has 2 aliphatic carbocycles. The second kappa shape index (κ2) is 14.6. The maximum absolute atomic E-state index is 14.0. The Morgan fingerprint density at radius 1 is 1.13 bits per heavy atom. The molecular formula is C41H55ClN4O5S. The third-order valence-electron chi connectivity index (χ3n) is 13.0. The first-order valence-electron chi connectivity index (χ1n) is 19.0. The highest BCUT2D eigenvalue weighted by molar-refractivity contribution is 7.99. The van der Waals surface area contributed by atoms with Crippen LogP contribution in [0.2, 0.25) is 5.02 Å². The van der Waals surface area contributed by atoms with E-state index in [1.807, 2.05) is 37.1 Å². The van der Waals surface area contributed by atoms with E-state index in [0.29, 0.717) is 37.6 Å². The number of ether oxygens (including phenoxy) is 2. The van der Waals surface area contributed by atoms with Gasteiger partial charge in [-0.05, 0) is 111 Å². The number of halogens is 1. The van der Waals surface area contributed by atoms with E-state index in [0.717, 1.165) is 81.3 Å². The van der Waals surface area contributed by atoms with Crippen molar-refractivity contribution < 1.29 is 23.3 Å². The van der Waals surface area contributed by atoms with Gasteiger partial charge >= 0.3 is 0 Å². The summed E-state index contributed by atoms with van der Waals surface area (Å²) in [6, 6.07) is 11.9. The normalized spacial score (nSPS) is 34.6. The third kappa shape index (κ3) is 7.13. The highest BCUT2D eigenvalue weighted by Crippen LogP contribution is 2.49. The topological polar surface area (TPSA) is 91.4 Å². The molecular weight excluding hydrogens is 696 g/mol. The van der Waals surface area contributed by atoms with Crippen LogP contribution in [-0.2, 0) is 31.1 Å². The van der Waals surface area contributed by atoms with Crippen molar-refractivity contribution in [2.45, 2.75) is 75.6 Å². The van der Waals surface area contributed by atoms with Crippen molar-refractivity contribution in [1.82, 2.24) is 14.5 Å². The molecule has 1 unspecified atom stereocenters. The maximum Gasteiger partial charge on any atom is 0.262 e. The molecule has 7 atom stereocenters. The van der Waals surface area contributed by atoms with Gasteiger partial charge in [0, 0.05) is 81.1 Å². The van der Waals surface area contributed by atoms with Crippen LogP contribution in [0.1, 0.15) is 74.4 Å². The Hall–Kier alpha value is -3.05. The number of carbonyl (C=O) groups is 2.